The molecule has 0 atom stereocenters. The lowest BCUT2D eigenvalue weighted by Gasteiger charge is -2.30. The highest BCUT2D eigenvalue weighted by molar-refractivity contribution is 5.93. The predicted octanol–water partition coefficient (Wildman–Crippen LogP) is 4.99. The molecule has 2 N–H and O–H groups in total. The first-order chi connectivity index (χ1) is 14.3. The summed E-state index contributed by atoms with van der Waals surface area (Å²) in [7, 11) is 0. The highest BCUT2D eigenvalue weighted by atomic mass is 19.4. The van der Waals surface area contributed by atoms with Gasteiger partial charge in [-0.3, -0.25) is 13.9 Å². The number of halogens is 3. The fraction of sp³-hybridized carbons (Fsp3) is 0.500. The molecule has 176 valence electrons. The molecule has 32 heavy (non-hydrogen) atoms. The number of rotatable bonds is 5. The number of hydrogen-bond acceptors (Lipinski definition) is 4. The zero-order valence-corrected chi connectivity index (χ0v) is 16.5. The van der Waals surface area contributed by atoms with Crippen molar-refractivity contribution in [1.29, 1.82) is 0 Å². The normalized spacial score (nSPS) is 18.5. The topological polar surface area (TPSA) is 76.2 Å². The number of carbonyl (C=O) groups is 1. The number of pyridine rings is 1. The molecule has 1 amide bonds. The Morgan fingerprint density at radius 3 is 2.44 bits per heavy atom. The second kappa shape index (κ2) is 10.1. The van der Waals surface area contributed by atoms with Crippen molar-refractivity contribution in [2.24, 2.45) is 0 Å². The quantitative estimate of drug-likeness (QED) is 0.572. The van der Waals surface area contributed by atoms with Crippen LogP contribution in [-0.4, -0.2) is 37.2 Å². The predicted molar refractivity (Wildman–Crippen MR) is 119 cm³/mol. The summed E-state index contributed by atoms with van der Waals surface area (Å²) in [6, 6.07) is 5.17. The number of aryl methyl sites for hydroxylation is 1. The standard InChI is InChI=1S/C20H23F3N6O.2CH4/c1-2-28-11-13(10-24-28)19(30)26-15-8-6-14(7-9-15)25-17-4-3-5-18-27-16(12-29(17)18)20(21,22)23;;/h3-5,10-12,14-15,25H,2,6-9H2,1H3,(H,26,30);2*1H4. The summed E-state index contributed by atoms with van der Waals surface area (Å²) in [5, 5.41) is 10.5. The molecular weight excluding hydrogens is 421 g/mol. The summed E-state index contributed by atoms with van der Waals surface area (Å²) in [6.45, 7) is 2.66. The lowest BCUT2D eigenvalue weighted by Crippen LogP contribution is -2.40. The fourth-order valence-electron chi connectivity index (χ4n) is 3.78. The average molecular weight is 453 g/mol. The van der Waals surface area contributed by atoms with Gasteiger partial charge < -0.3 is 10.6 Å². The molecule has 0 aromatic carbocycles. The van der Waals surface area contributed by atoms with Gasteiger partial charge >= 0.3 is 6.18 Å². The molecular formula is C22H31F3N6O. The number of nitrogens with zero attached hydrogens (tertiary/aromatic N) is 4. The summed E-state index contributed by atoms with van der Waals surface area (Å²) in [5.41, 5.74) is -0.111. The van der Waals surface area contributed by atoms with E-state index >= 15 is 0 Å². The van der Waals surface area contributed by atoms with Crippen LogP contribution in [0.1, 0.15) is 63.5 Å². The van der Waals surface area contributed by atoms with E-state index in [4.69, 9.17) is 0 Å². The van der Waals surface area contributed by atoms with Crippen LogP contribution in [0.2, 0.25) is 0 Å². The van der Waals surface area contributed by atoms with Gasteiger partial charge in [-0.05, 0) is 44.7 Å². The van der Waals surface area contributed by atoms with Crippen molar-refractivity contribution in [2.75, 3.05) is 5.32 Å². The third-order valence-corrected chi connectivity index (χ3v) is 5.42. The monoisotopic (exact) mass is 452 g/mol. The molecule has 0 radical (unpaired) electrons. The molecule has 3 heterocycles. The first kappa shape index (κ1) is 25.2. The van der Waals surface area contributed by atoms with Gasteiger partial charge in [-0.1, -0.05) is 20.9 Å². The van der Waals surface area contributed by atoms with Crippen LogP contribution in [0.15, 0.2) is 36.8 Å². The summed E-state index contributed by atoms with van der Waals surface area (Å²) in [5.74, 6) is 0.448. The highest BCUT2D eigenvalue weighted by Crippen LogP contribution is 2.30. The van der Waals surface area contributed by atoms with E-state index in [1.807, 2.05) is 6.92 Å². The Morgan fingerprint density at radius 2 is 1.81 bits per heavy atom. The Kier molecular flexibility index (Phi) is 7.92. The molecule has 0 spiro atoms. The molecule has 3 aromatic heterocycles. The molecule has 1 saturated carbocycles. The highest BCUT2D eigenvalue weighted by Gasteiger charge is 2.34. The van der Waals surface area contributed by atoms with E-state index in [0.717, 1.165) is 31.9 Å². The van der Waals surface area contributed by atoms with Gasteiger partial charge in [0.05, 0.1) is 11.8 Å². The second-order valence-corrected chi connectivity index (χ2v) is 7.51. The van der Waals surface area contributed by atoms with E-state index in [9.17, 15) is 18.0 Å². The molecule has 0 aliphatic heterocycles. The third kappa shape index (κ3) is 5.41. The number of hydrogen-bond donors (Lipinski definition) is 2. The van der Waals surface area contributed by atoms with E-state index < -0.39 is 11.9 Å². The van der Waals surface area contributed by atoms with Crippen LogP contribution in [0, 0.1) is 0 Å². The Balaban J connectivity index is 0.00000181. The molecule has 1 aliphatic carbocycles. The van der Waals surface area contributed by atoms with E-state index in [0.29, 0.717) is 17.9 Å². The second-order valence-electron chi connectivity index (χ2n) is 7.51. The van der Waals surface area contributed by atoms with Crippen molar-refractivity contribution in [3.05, 3.63) is 48.0 Å². The minimum absolute atomic E-state index is 0. The van der Waals surface area contributed by atoms with Gasteiger partial charge in [0.2, 0.25) is 0 Å². The molecule has 0 saturated heterocycles. The Bertz CT molecular complexity index is 1030. The average Bonchev–Trinajstić information content (AvgIpc) is 3.37. The number of carbonyl (C=O) groups excluding carboxylic acids is 1. The van der Waals surface area contributed by atoms with Crippen LogP contribution in [0.4, 0.5) is 19.0 Å². The van der Waals surface area contributed by atoms with Gasteiger partial charge in [0, 0.05) is 31.0 Å². The number of fused-ring (bicyclic) bond motifs is 1. The van der Waals surface area contributed by atoms with Gasteiger partial charge in [0.25, 0.3) is 5.91 Å². The van der Waals surface area contributed by atoms with Gasteiger partial charge in [-0.15, -0.1) is 0 Å². The number of nitrogens with one attached hydrogen (secondary N) is 2. The van der Waals surface area contributed by atoms with Crippen molar-refractivity contribution in [3.63, 3.8) is 0 Å². The van der Waals surface area contributed by atoms with Crippen LogP contribution in [-0.2, 0) is 12.7 Å². The van der Waals surface area contributed by atoms with Crippen molar-refractivity contribution >= 4 is 17.4 Å². The summed E-state index contributed by atoms with van der Waals surface area (Å²) in [6.07, 6.45) is 3.01. The third-order valence-electron chi connectivity index (χ3n) is 5.42. The van der Waals surface area contributed by atoms with E-state index in [1.54, 1.807) is 35.3 Å². The smallest absolute Gasteiger partial charge is 0.368 e. The zero-order valence-electron chi connectivity index (χ0n) is 16.5. The number of alkyl halides is 3. The van der Waals surface area contributed by atoms with Crippen molar-refractivity contribution < 1.29 is 18.0 Å². The number of imidazole rings is 1. The van der Waals surface area contributed by atoms with Crippen LogP contribution < -0.4 is 10.6 Å². The first-order valence-electron chi connectivity index (χ1n) is 9.98. The largest absolute Gasteiger partial charge is 0.434 e. The number of aromatic nitrogens is 4. The Morgan fingerprint density at radius 1 is 1.12 bits per heavy atom. The van der Waals surface area contributed by atoms with Crippen molar-refractivity contribution in [3.8, 4) is 0 Å². The molecule has 0 bridgehead atoms. The fourth-order valence-corrected chi connectivity index (χ4v) is 3.78. The van der Waals surface area contributed by atoms with Gasteiger partial charge in [0.15, 0.2) is 5.69 Å². The maximum Gasteiger partial charge on any atom is 0.434 e. The lowest BCUT2D eigenvalue weighted by molar-refractivity contribution is -0.140. The van der Waals surface area contributed by atoms with Crippen LogP contribution in [0.5, 0.6) is 0 Å². The number of anilines is 1. The molecule has 10 heteroatoms. The van der Waals surface area contributed by atoms with Crippen LogP contribution in [0.3, 0.4) is 0 Å². The Hall–Kier alpha value is -3.04. The molecule has 1 fully saturated rings. The molecule has 1 aliphatic rings. The van der Waals surface area contributed by atoms with Gasteiger partial charge in [-0.2, -0.15) is 18.3 Å². The lowest BCUT2D eigenvalue weighted by atomic mass is 9.91. The van der Waals surface area contributed by atoms with Crippen molar-refractivity contribution in [1.82, 2.24) is 24.5 Å². The van der Waals surface area contributed by atoms with Crippen LogP contribution >= 0.6 is 0 Å². The molecule has 0 unspecified atom stereocenters. The van der Waals surface area contributed by atoms with Gasteiger partial charge in [0.1, 0.15) is 11.5 Å². The van der Waals surface area contributed by atoms with Gasteiger partial charge in [-0.25, -0.2) is 4.98 Å². The molecule has 7 nitrogen and oxygen atoms in total. The zero-order chi connectivity index (χ0) is 21.3. The van der Waals surface area contributed by atoms with E-state index in [1.165, 1.54) is 4.40 Å². The summed E-state index contributed by atoms with van der Waals surface area (Å²) < 4.78 is 42.1. The van der Waals surface area contributed by atoms with E-state index in [2.05, 4.69) is 20.7 Å². The molecule has 4 rings (SSSR count). The Labute approximate surface area is 186 Å². The maximum absolute atomic E-state index is 13.0. The van der Waals surface area contributed by atoms with E-state index in [-0.39, 0.29) is 38.5 Å². The molecule has 3 aromatic rings. The number of amides is 1. The van der Waals surface area contributed by atoms with Crippen LogP contribution in [0.25, 0.3) is 5.65 Å². The first-order valence-corrected chi connectivity index (χ1v) is 9.98. The summed E-state index contributed by atoms with van der Waals surface area (Å²) in [4.78, 5) is 16.0. The SMILES string of the molecule is C.C.CCn1cc(C(=O)NC2CCC(Nc3cccc4nc(C(F)(F)F)cn34)CC2)cn1. The summed E-state index contributed by atoms with van der Waals surface area (Å²) >= 11 is 0. The van der Waals surface area contributed by atoms with Crippen molar-refractivity contribution in [2.45, 2.75) is 72.3 Å². The maximum atomic E-state index is 13.0. The minimum atomic E-state index is -4.48. The minimum Gasteiger partial charge on any atom is -0.368 e.